The van der Waals surface area contributed by atoms with E-state index in [0.717, 1.165) is 6.20 Å². The average molecular weight is 167 g/mol. The number of H-pyrrole nitrogens is 1. The zero-order chi connectivity index (χ0) is 8.10. The molecule has 0 aliphatic rings. The molecular weight excluding hydrogens is 162 g/mol. The summed E-state index contributed by atoms with van der Waals surface area (Å²) in [6.45, 7) is 0. The molecule has 0 fully saturated rings. The number of rotatable bonds is 2. The van der Waals surface area contributed by atoms with Crippen LogP contribution in [0, 0.1) is 12.3 Å². The maximum atomic E-state index is 10.6. The maximum Gasteiger partial charge on any atom is 0.270 e. The first-order valence-electron chi connectivity index (χ1n) is 2.81. The van der Waals surface area contributed by atoms with Gasteiger partial charge in [0.05, 0.1) is 5.75 Å². The van der Waals surface area contributed by atoms with Crippen LogP contribution in [-0.4, -0.2) is 20.9 Å². The van der Waals surface area contributed by atoms with Gasteiger partial charge in [-0.1, -0.05) is 17.7 Å². The second-order valence-electron chi connectivity index (χ2n) is 1.63. The molecule has 1 aromatic rings. The van der Waals surface area contributed by atoms with Crippen molar-refractivity contribution >= 4 is 11.8 Å². The highest BCUT2D eigenvalue weighted by Crippen LogP contribution is 2.06. The fourth-order valence-corrected chi connectivity index (χ4v) is 0.969. The lowest BCUT2D eigenvalue weighted by atomic mass is 10.8. The lowest BCUT2D eigenvalue weighted by molar-refractivity contribution is 0.818. The van der Waals surface area contributed by atoms with E-state index in [1.54, 1.807) is 0 Å². The molecule has 0 saturated heterocycles. The summed E-state index contributed by atoms with van der Waals surface area (Å²) >= 11 is 1.27. The van der Waals surface area contributed by atoms with Gasteiger partial charge in [0.25, 0.3) is 5.56 Å². The zero-order valence-corrected chi connectivity index (χ0v) is 6.39. The molecule has 0 unspecified atom stereocenters. The molecule has 0 radical (unpaired) electrons. The SMILES string of the molecule is C#CCSc1nncc(=O)[nH]1. The van der Waals surface area contributed by atoms with Crippen molar-refractivity contribution in [2.75, 3.05) is 5.75 Å². The summed E-state index contributed by atoms with van der Waals surface area (Å²) < 4.78 is 0. The molecule has 1 rings (SSSR count). The molecule has 1 N–H and O–H groups in total. The highest BCUT2D eigenvalue weighted by atomic mass is 32.2. The van der Waals surface area contributed by atoms with Gasteiger partial charge in [0, 0.05) is 0 Å². The van der Waals surface area contributed by atoms with Crippen LogP contribution >= 0.6 is 11.8 Å². The summed E-state index contributed by atoms with van der Waals surface area (Å²) in [5.41, 5.74) is -0.264. The number of terminal acetylenes is 1. The summed E-state index contributed by atoms with van der Waals surface area (Å²) in [4.78, 5) is 13.1. The van der Waals surface area contributed by atoms with E-state index in [1.807, 2.05) is 0 Å². The van der Waals surface area contributed by atoms with Crippen LogP contribution in [0.4, 0.5) is 0 Å². The summed E-state index contributed by atoms with van der Waals surface area (Å²) in [5.74, 6) is 2.89. The van der Waals surface area contributed by atoms with Crippen molar-refractivity contribution < 1.29 is 0 Å². The predicted octanol–water partition coefficient (Wildman–Crippen LogP) is -0.110. The van der Waals surface area contributed by atoms with Crippen LogP contribution in [0.25, 0.3) is 0 Å². The zero-order valence-electron chi connectivity index (χ0n) is 5.57. The number of nitrogens with one attached hydrogen (secondary N) is 1. The maximum absolute atomic E-state index is 10.6. The molecule has 0 bridgehead atoms. The Hall–Kier alpha value is -1.28. The molecule has 0 aromatic carbocycles. The lowest BCUT2D eigenvalue weighted by Gasteiger charge is -1.91. The van der Waals surface area contributed by atoms with Crippen molar-refractivity contribution in [3.8, 4) is 12.3 Å². The van der Waals surface area contributed by atoms with Gasteiger partial charge in [-0.05, 0) is 0 Å². The average Bonchev–Trinajstić information content (AvgIpc) is 2.01. The van der Waals surface area contributed by atoms with E-state index in [2.05, 4.69) is 21.1 Å². The van der Waals surface area contributed by atoms with Gasteiger partial charge in [-0.25, -0.2) is 0 Å². The molecule has 0 spiro atoms. The van der Waals surface area contributed by atoms with Crippen molar-refractivity contribution in [3.63, 3.8) is 0 Å². The number of aromatic amines is 1. The molecule has 0 aliphatic carbocycles. The van der Waals surface area contributed by atoms with Crippen molar-refractivity contribution in [2.45, 2.75) is 5.16 Å². The minimum Gasteiger partial charge on any atom is -0.299 e. The van der Waals surface area contributed by atoms with Gasteiger partial charge in [0.15, 0.2) is 5.16 Å². The number of nitrogens with zero attached hydrogens (tertiary/aromatic N) is 2. The first-order valence-corrected chi connectivity index (χ1v) is 3.80. The van der Waals surface area contributed by atoms with Crippen LogP contribution in [0.5, 0.6) is 0 Å². The van der Waals surface area contributed by atoms with E-state index in [4.69, 9.17) is 6.42 Å². The largest absolute Gasteiger partial charge is 0.299 e. The fraction of sp³-hybridized carbons (Fsp3) is 0.167. The Balaban J connectivity index is 2.73. The Bertz CT molecular complexity index is 327. The number of hydrogen-bond donors (Lipinski definition) is 1. The van der Waals surface area contributed by atoms with E-state index in [9.17, 15) is 4.79 Å². The minimum absolute atomic E-state index is 0.264. The van der Waals surface area contributed by atoms with Gasteiger partial charge in [0.1, 0.15) is 6.20 Å². The Morgan fingerprint density at radius 1 is 1.82 bits per heavy atom. The van der Waals surface area contributed by atoms with Crippen molar-refractivity contribution in [2.24, 2.45) is 0 Å². The summed E-state index contributed by atoms with van der Waals surface area (Å²) in [6.07, 6.45) is 6.11. The number of hydrogen-bond acceptors (Lipinski definition) is 4. The highest BCUT2D eigenvalue weighted by Gasteiger charge is 1.93. The summed E-state index contributed by atoms with van der Waals surface area (Å²) in [5, 5.41) is 7.55. The molecule has 4 nitrogen and oxygen atoms in total. The van der Waals surface area contributed by atoms with Crippen LogP contribution in [-0.2, 0) is 0 Å². The Labute approximate surface area is 67.4 Å². The molecule has 11 heavy (non-hydrogen) atoms. The molecule has 1 heterocycles. The normalized spacial score (nSPS) is 9.00. The van der Waals surface area contributed by atoms with Crippen molar-refractivity contribution in [3.05, 3.63) is 16.6 Å². The van der Waals surface area contributed by atoms with Crippen molar-refractivity contribution in [1.29, 1.82) is 0 Å². The van der Waals surface area contributed by atoms with Gasteiger partial charge in [-0.2, -0.15) is 5.10 Å². The number of aromatic nitrogens is 3. The van der Waals surface area contributed by atoms with E-state index in [0.29, 0.717) is 10.9 Å². The highest BCUT2D eigenvalue weighted by molar-refractivity contribution is 7.99. The van der Waals surface area contributed by atoms with Gasteiger partial charge in [-0.3, -0.25) is 9.78 Å². The second kappa shape index (κ2) is 3.78. The lowest BCUT2D eigenvalue weighted by Crippen LogP contribution is -2.07. The van der Waals surface area contributed by atoms with Gasteiger partial charge in [0.2, 0.25) is 0 Å². The fourth-order valence-electron chi connectivity index (χ4n) is 0.471. The molecule has 5 heteroatoms. The quantitative estimate of drug-likeness (QED) is 0.493. The first kappa shape index (κ1) is 7.82. The van der Waals surface area contributed by atoms with Crippen LogP contribution in [0.3, 0.4) is 0 Å². The standard InChI is InChI=1S/C6H5N3OS/c1-2-3-11-6-8-5(10)4-7-9-6/h1,4H,3H2,(H,8,9,10). The molecule has 0 atom stereocenters. The molecule has 1 aromatic heterocycles. The predicted molar refractivity (Wildman–Crippen MR) is 42.2 cm³/mol. The molecule has 0 amide bonds. The van der Waals surface area contributed by atoms with Gasteiger partial charge in [-0.15, -0.1) is 11.5 Å². The monoisotopic (exact) mass is 167 g/mol. The topological polar surface area (TPSA) is 58.6 Å². The van der Waals surface area contributed by atoms with Crippen LogP contribution in [0.2, 0.25) is 0 Å². The minimum atomic E-state index is -0.264. The Morgan fingerprint density at radius 3 is 3.27 bits per heavy atom. The van der Waals surface area contributed by atoms with E-state index < -0.39 is 0 Å². The van der Waals surface area contributed by atoms with E-state index >= 15 is 0 Å². The Morgan fingerprint density at radius 2 is 2.64 bits per heavy atom. The molecule has 0 saturated carbocycles. The van der Waals surface area contributed by atoms with E-state index in [-0.39, 0.29) is 5.56 Å². The van der Waals surface area contributed by atoms with Crippen LogP contribution < -0.4 is 5.56 Å². The van der Waals surface area contributed by atoms with E-state index in [1.165, 1.54) is 11.8 Å². The van der Waals surface area contributed by atoms with Crippen LogP contribution in [0.1, 0.15) is 0 Å². The smallest absolute Gasteiger partial charge is 0.270 e. The van der Waals surface area contributed by atoms with Crippen molar-refractivity contribution in [1.82, 2.24) is 15.2 Å². The second-order valence-corrected chi connectivity index (χ2v) is 2.60. The van der Waals surface area contributed by atoms with Crippen LogP contribution in [0.15, 0.2) is 16.1 Å². The van der Waals surface area contributed by atoms with Gasteiger partial charge >= 0.3 is 0 Å². The van der Waals surface area contributed by atoms with Gasteiger partial charge < -0.3 is 0 Å². The summed E-state index contributed by atoms with van der Waals surface area (Å²) in [7, 11) is 0. The molecular formula is C6H5N3OS. The molecule has 56 valence electrons. The summed E-state index contributed by atoms with van der Waals surface area (Å²) in [6, 6.07) is 0. The third kappa shape index (κ3) is 2.43. The number of thioether (sulfide) groups is 1. The Kier molecular flexibility index (Phi) is 2.69. The third-order valence-corrected chi connectivity index (χ3v) is 1.61. The molecule has 0 aliphatic heterocycles. The first-order chi connectivity index (χ1) is 5.33. The third-order valence-electron chi connectivity index (χ3n) is 0.846.